The van der Waals surface area contributed by atoms with Crippen molar-refractivity contribution in [2.45, 2.75) is 6.92 Å². The van der Waals surface area contributed by atoms with Crippen LogP contribution in [0.3, 0.4) is 0 Å². The lowest BCUT2D eigenvalue weighted by Crippen LogP contribution is -2.16. The Balaban J connectivity index is 2.27. The SMILES string of the molecule is Cc1cccc(F)c1NC(=O)c1ccc(=O)[nH]c1. The Bertz CT molecular complexity index is 609. The van der Waals surface area contributed by atoms with Crippen molar-refractivity contribution in [3.63, 3.8) is 0 Å². The highest BCUT2D eigenvalue weighted by Gasteiger charge is 2.11. The van der Waals surface area contributed by atoms with Crippen molar-refractivity contribution in [3.05, 3.63) is 63.8 Å². The first kappa shape index (κ1) is 12.0. The van der Waals surface area contributed by atoms with E-state index in [1.54, 1.807) is 19.1 Å². The normalized spacial score (nSPS) is 10.1. The van der Waals surface area contributed by atoms with Crippen LogP contribution >= 0.6 is 0 Å². The Hall–Kier alpha value is -2.43. The summed E-state index contributed by atoms with van der Waals surface area (Å²) in [5, 5.41) is 2.48. The summed E-state index contributed by atoms with van der Waals surface area (Å²) >= 11 is 0. The van der Waals surface area contributed by atoms with E-state index < -0.39 is 11.7 Å². The summed E-state index contributed by atoms with van der Waals surface area (Å²) in [6.07, 6.45) is 1.29. The third-order valence-electron chi connectivity index (χ3n) is 2.51. The van der Waals surface area contributed by atoms with Crippen LogP contribution < -0.4 is 10.9 Å². The molecule has 0 aliphatic rings. The number of pyridine rings is 1. The predicted octanol–water partition coefficient (Wildman–Crippen LogP) is 2.07. The monoisotopic (exact) mass is 246 g/mol. The predicted molar refractivity (Wildman–Crippen MR) is 66.2 cm³/mol. The van der Waals surface area contributed by atoms with Crippen LogP contribution in [0.4, 0.5) is 10.1 Å². The molecule has 2 rings (SSSR count). The molecule has 0 aliphatic heterocycles. The molecule has 0 aliphatic carbocycles. The van der Waals surface area contributed by atoms with Crippen molar-refractivity contribution in [1.82, 2.24) is 4.98 Å². The van der Waals surface area contributed by atoms with Gasteiger partial charge in [0, 0.05) is 12.3 Å². The van der Waals surface area contributed by atoms with E-state index in [1.165, 1.54) is 24.4 Å². The van der Waals surface area contributed by atoms with Crippen molar-refractivity contribution in [2.24, 2.45) is 0 Å². The van der Waals surface area contributed by atoms with E-state index in [4.69, 9.17) is 0 Å². The molecule has 1 heterocycles. The second-order valence-electron chi connectivity index (χ2n) is 3.83. The first-order chi connectivity index (χ1) is 8.58. The maximum atomic E-state index is 13.5. The topological polar surface area (TPSA) is 62.0 Å². The van der Waals surface area contributed by atoms with Crippen LogP contribution in [0.15, 0.2) is 41.3 Å². The minimum atomic E-state index is -0.493. The molecule has 0 saturated heterocycles. The molecule has 0 saturated carbocycles. The molecule has 4 nitrogen and oxygen atoms in total. The highest BCUT2D eigenvalue weighted by atomic mass is 19.1. The maximum Gasteiger partial charge on any atom is 0.257 e. The van der Waals surface area contributed by atoms with Crippen molar-refractivity contribution < 1.29 is 9.18 Å². The van der Waals surface area contributed by atoms with Gasteiger partial charge in [-0.2, -0.15) is 0 Å². The van der Waals surface area contributed by atoms with Gasteiger partial charge in [-0.15, -0.1) is 0 Å². The summed E-state index contributed by atoms with van der Waals surface area (Å²) in [5.74, 6) is -0.966. The number of benzene rings is 1. The van der Waals surface area contributed by atoms with E-state index in [0.29, 0.717) is 5.56 Å². The van der Waals surface area contributed by atoms with Gasteiger partial charge in [0.1, 0.15) is 5.82 Å². The van der Waals surface area contributed by atoms with Crippen LogP contribution in [0.2, 0.25) is 0 Å². The minimum absolute atomic E-state index is 0.147. The average Bonchev–Trinajstić information content (AvgIpc) is 2.34. The lowest BCUT2D eigenvalue weighted by atomic mass is 10.2. The molecule has 18 heavy (non-hydrogen) atoms. The number of aryl methyl sites for hydroxylation is 1. The number of carbonyl (C=O) groups excluding carboxylic acids is 1. The van der Waals surface area contributed by atoms with E-state index in [1.807, 2.05) is 0 Å². The Morgan fingerprint density at radius 2 is 2.06 bits per heavy atom. The van der Waals surface area contributed by atoms with E-state index in [-0.39, 0.29) is 16.8 Å². The Morgan fingerprint density at radius 3 is 2.67 bits per heavy atom. The Labute approximate surface area is 102 Å². The number of H-pyrrole nitrogens is 1. The summed E-state index contributed by atoms with van der Waals surface area (Å²) in [7, 11) is 0. The van der Waals surface area contributed by atoms with Gasteiger partial charge in [-0.05, 0) is 24.6 Å². The van der Waals surface area contributed by atoms with Gasteiger partial charge in [0.2, 0.25) is 5.56 Å². The fraction of sp³-hybridized carbons (Fsp3) is 0.0769. The highest BCUT2D eigenvalue weighted by Crippen LogP contribution is 2.19. The minimum Gasteiger partial charge on any atom is -0.328 e. The molecular formula is C13H11FN2O2. The summed E-state index contributed by atoms with van der Waals surface area (Å²) in [6, 6.07) is 7.16. The first-order valence-electron chi connectivity index (χ1n) is 5.33. The summed E-state index contributed by atoms with van der Waals surface area (Å²) in [6.45, 7) is 1.70. The van der Waals surface area contributed by atoms with Crippen molar-refractivity contribution in [3.8, 4) is 0 Å². The summed E-state index contributed by atoms with van der Waals surface area (Å²) in [5.41, 5.74) is 0.743. The number of para-hydroxylation sites is 1. The molecule has 0 fully saturated rings. The van der Waals surface area contributed by atoms with Crippen LogP contribution in [0, 0.1) is 12.7 Å². The van der Waals surface area contributed by atoms with Gasteiger partial charge in [-0.25, -0.2) is 4.39 Å². The number of anilines is 1. The van der Waals surface area contributed by atoms with Gasteiger partial charge in [-0.1, -0.05) is 12.1 Å². The van der Waals surface area contributed by atoms with Crippen LogP contribution in [0.1, 0.15) is 15.9 Å². The van der Waals surface area contributed by atoms with Gasteiger partial charge >= 0.3 is 0 Å². The Morgan fingerprint density at radius 1 is 1.28 bits per heavy atom. The lowest BCUT2D eigenvalue weighted by Gasteiger charge is -2.08. The van der Waals surface area contributed by atoms with Gasteiger partial charge in [0.15, 0.2) is 0 Å². The van der Waals surface area contributed by atoms with Crippen LogP contribution in [-0.4, -0.2) is 10.9 Å². The molecular weight excluding hydrogens is 235 g/mol. The first-order valence-corrected chi connectivity index (χ1v) is 5.33. The molecule has 5 heteroatoms. The summed E-state index contributed by atoms with van der Waals surface area (Å²) < 4.78 is 13.5. The summed E-state index contributed by atoms with van der Waals surface area (Å²) in [4.78, 5) is 25.1. The maximum absolute atomic E-state index is 13.5. The number of hydrogen-bond acceptors (Lipinski definition) is 2. The van der Waals surface area contributed by atoms with Gasteiger partial charge in [0.25, 0.3) is 5.91 Å². The van der Waals surface area contributed by atoms with Gasteiger partial charge < -0.3 is 10.3 Å². The number of aromatic nitrogens is 1. The third kappa shape index (κ3) is 2.45. The fourth-order valence-corrected chi connectivity index (χ4v) is 1.53. The second kappa shape index (κ2) is 4.83. The van der Waals surface area contributed by atoms with Crippen molar-refractivity contribution in [2.75, 3.05) is 5.32 Å². The molecule has 2 aromatic rings. The number of amides is 1. The molecule has 0 radical (unpaired) electrons. The molecule has 0 atom stereocenters. The van der Waals surface area contributed by atoms with E-state index in [0.717, 1.165) is 0 Å². The zero-order valence-electron chi connectivity index (χ0n) is 9.66. The number of halogens is 1. The number of carbonyl (C=O) groups is 1. The van der Waals surface area contributed by atoms with E-state index in [2.05, 4.69) is 10.3 Å². The molecule has 0 bridgehead atoms. The fourth-order valence-electron chi connectivity index (χ4n) is 1.53. The second-order valence-corrected chi connectivity index (χ2v) is 3.83. The Kier molecular flexibility index (Phi) is 3.23. The zero-order chi connectivity index (χ0) is 13.1. The third-order valence-corrected chi connectivity index (χ3v) is 2.51. The van der Waals surface area contributed by atoms with Crippen LogP contribution in [0.25, 0.3) is 0 Å². The van der Waals surface area contributed by atoms with Crippen LogP contribution in [-0.2, 0) is 0 Å². The zero-order valence-corrected chi connectivity index (χ0v) is 9.66. The number of hydrogen-bond donors (Lipinski definition) is 2. The number of aromatic amines is 1. The smallest absolute Gasteiger partial charge is 0.257 e. The largest absolute Gasteiger partial charge is 0.328 e. The number of nitrogens with one attached hydrogen (secondary N) is 2. The van der Waals surface area contributed by atoms with Crippen molar-refractivity contribution >= 4 is 11.6 Å². The van der Waals surface area contributed by atoms with Crippen molar-refractivity contribution in [1.29, 1.82) is 0 Å². The molecule has 0 spiro atoms. The van der Waals surface area contributed by atoms with E-state index >= 15 is 0 Å². The quantitative estimate of drug-likeness (QED) is 0.852. The molecule has 1 amide bonds. The lowest BCUT2D eigenvalue weighted by molar-refractivity contribution is 0.102. The van der Waals surface area contributed by atoms with Gasteiger partial charge in [0.05, 0.1) is 11.3 Å². The van der Waals surface area contributed by atoms with E-state index in [9.17, 15) is 14.0 Å². The van der Waals surface area contributed by atoms with Crippen LogP contribution in [0.5, 0.6) is 0 Å². The molecule has 1 aromatic carbocycles. The average molecular weight is 246 g/mol. The molecule has 1 aromatic heterocycles. The molecule has 0 unspecified atom stereocenters. The standard InChI is InChI=1S/C13H11FN2O2/c1-8-3-2-4-10(14)12(8)16-13(18)9-5-6-11(17)15-7-9/h2-7H,1H3,(H,15,17)(H,16,18). The highest BCUT2D eigenvalue weighted by molar-refractivity contribution is 6.04. The number of rotatable bonds is 2. The van der Waals surface area contributed by atoms with Gasteiger partial charge in [-0.3, -0.25) is 9.59 Å². The molecule has 92 valence electrons. The molecule has 2 N–H and O–H groups in total.